The molecule has 0 amide bonds. The molecule has 2 aromatic rings. The number of hydrogen-bond acceptors (Lipinski definition) is 3. The van der Waals surface area contributed by atoms with Crippen LogP contribution in [-0.2, 0) is 11.2 Å². The van der Waals surface area contributed by atoms with Gasteiger partial charge in [-0.15, -0.1) is 0 Å². The van der Waals surface area contributed by atoms with Gasteiger partial charge in [0.25, 0.3) is 0 Å². The van der Waals surface area contributed by atoms with Gasteiger partial charge in [0.1, 0.15) is 0 Å². The maximum atomic E-state index is 12.8. The Kier molecular flexibility index (Phi) is 2.48. The highest BCUT2D eigenvalue weighted by atomic mass is 16.2. The van der Waals surface area contributed by atoms with Gasteiger partial charge in [-0.3, -0.25) is 14.2 Å². The molecule has 0 unspecified atom stereocenters. The molecule has 23 heavy (non-hydrogen) atoms. The van der Waals surface area contributed by atoms with Crippen LogP contribution in [0.15, 0.2) is 36.0 Å². The molecule has 5 rings (SSSR count). The van der Waals surface area contributed by atoms with Crippen molar-refractivity contribution in [3.8, 4) is 0 Å². The molecule has 1 aromatic heterocycles. The normalized spacial score (nSPS) is 25.3. The lowest BCUT2D eigenvalue weighted by molar-refractivity contribution is -0.114. The lowest BCUT2D eigenvalue weighted by Gasteiger charge is -2.46. The van der Waals surface area contributed by atoms with Crippen molar-refractivity contribution < 1.29 is 9.59 Å². The molecule has 4 heteroatoms. The standard InChI is InChI=1S/C19H18N2O2/c1-11(22)13-8-12-9-17(23)21-16-5-3-2-4-14(16)15-6-7-20(10-13)18(12)19(15)21/h2-5,10,12,18H,6-9H2,1H3/t12-,18-/m1/s1. The molecular weight excluding hydrogens is 288 g/mol. The van der Waals surface area contributed by atoms with Gasteiger partial charge in [-0.05, 0) is 37.3 Å². The van der Waals surface area contributed by atoms with Crippen LogP contribution in [0.1, 0.15) is 41.9 Å². The predicted molar refractivity (Wildman–Crippen MR) is 87.2 cm³/mol. The maximum Gasteiger partial charge on any atom is 0.231 e. The van der Waals surface area contributed by atoms with Crippen LogP contribution in [0.4, 0.5) is 0 Å². The number of Topliss-reactive ketones (excluding diaryl/α,β-unsaturated/α-hetero) is 1. The molecule has 3 aliphatic heterocycles. The average Bonchev–Trinajstić information content (AvgIpc) is 2.89. The Morgan fingerprint density at radius 3 is 2.87 bits per heavy atom. The summed E-state index contributed by atoms with van der Waals surface area (Å²) < 4.78 is 1.95. The number of carbonyl (C=O) groups excluding carboxylic acids is 2. The van der Waals surface area contributed by atoms with Gasteiger partial charge in [0, 0.05) is 30.1 Å². The van der Waals surface area contributed by atoms with E-state index < -0.39 is 0 Å². The number of benzene rings is 1. The zero-order valence-electron chi connectivity index (χ0n) is 13.1. The SMILES string of the molecule is CC(=O)C1=CN2CCc3c4n(c5ccccc35)C(=O)C[C@@H](C1)[C@H]42. The zero-order chi connectivity index (χ0) is 15.7. The number of para-hydroxylation sites is 1. The monoisotopic (exact) mass is 306 g/mol. The fraction of sp³-hybridized carbons (Fsp3) is 0.368. The highest BCUT2D eigenvalue weighted by molar-refractivity contribution is 5.98. The summed E-state index contributed by atoms with van der Waals surface area (Å²) in [4.78, 5) is 26.9. The summed E-state index contributed by atoms with van der Waals surface area (Å²) in [6, 6.07) is 8.48. The number of fused-ring (bicyclic) bond motifs is 3. The second kappa shape index (κ2) is 4.34. The first kappa shape index (κ1) is 13.1. The van der Waals surface area contributed by atoms with Crippen LogP contribution in [0.25, 0.3) is 10.9 Å². The second-order valence-corrected chi connectivity index (χ2v) is 6.92. The van der Waals surface area contributed by atoms with E-state index in [2.05, 4.69) is 17.0 Å². The summed E-state index contributed by atoms with van der Waals surface area (Å²) in [5.41, 5.74) is 4.42. The van der Waals surface area contributed by atoms with E-state index in [4.69, 9.17) is 0 Å². The molecule has 4 nitrogen and oxygen atoms in total. The van der Waals surface area contributed by atoms with Crippen molar-refractivity contribution in [1.29, 1.82) is 0 Å². The van der Waals surface area contributed by atoms with Crippen LogP contribution >= 0.6 is 0 Å². The lowest BCUT2D eigenvalue weighted by atomic mass is 9.78. The number of carbonyl (C=O) groups is 2. The molecule has 0 N–H and O–H groups in total. The van der Waals surface area contributed by atoms with Crippen LogP contribution < -0.4 is 0 Å². The molecule has 2 atom stereocenters. The molecule has 0 saturated heterocycles. The van der Waals surface area contributed by atoms with E-state index in [1.54, 1.807) is 6.92 Å². The van der Waals surface area contributed by atoms with Gasteiger partial charge in [-0.25, -0.2) is 0 Å². The van der Waals surface area contributed by atoms with Crippen molar-refractivity contribution >= 4 is 22.6 Å². The number of hydrogen-bond donors (Lipinski definition) is 0. The van der Waals surface area contributed by atoms with Crippen molar-refractivity contribution in [2.75, 3.05) is 6.54 Å². The third kappa shape index (κ3) is 1.61. The van der Waals surface area contributed by atoms with Crippen molar-refractivity contribution in [3.63, 3.8) is 0 Å². The number of allylic oxidation sites excluding steroid dienone is 1. The Hall–Kier alpha value is -2.36. The Labute approximate surface area is 134 Å². The molecule has 0 bridgehead atoms. The van der Waals surface area contributed by atoms with Gasteiger partial charge in [0.05, 0.1) is 17.3 Å². The molecule has 0 fully saturated rings. The summed E-state index contributed by atoms with van der Waals surface area (Å²) in [7, 11) is 0. The van der Waals surface area contributed by atoms with Gasteiger partial charge in [-0.2, -0.15) is 0 Å². The first-order valence-electron chi connectivity index (χ1n) is 8.28. The van der Waals surface area contributed by atoms with E-state index in [-0.39, 0.29) is 23.7 Å². The van der Waals surface area contributed by atoms with Gasteiger partial charge in [-0.1, -0.05) is 18.2 Å². The number of ketones is 1. The topological polar surface area (TPSA) is 42.3 Å². The summed E-state index contributed by atoms with van der Waals surface area (Å²) >= 11 is 0. The summed E-state index contributed by atoms with van der Waals surface area (Å²) in [6.45, 7) is 2.55. The third-order valence-corrected chi connectivity index (χ3v) is 5.67. The van der Waals surface area contributed by atoms with Gasteiger partial charge < -0.3 is 4.90 Å². The molecule has 0 saturated carbocycles. The van der Waals surface area contributed by atoms with E-state index >= 15 is 0 Å². The summed E-state index contributed by atoms with van der Waals surface area (Å²) in [5, 5.41) is 1.22. The van der Waals surface area contributed by atoms with E-state index in [0.29, 0.717) is 6.42 Å². The first-order valence-corrected chi connectivity index (χ1v) is 8.28. The molecule has 0 radical (unpaired) electrons. The maximum absolute atomic E-state index is 12.8. The Morgan fingerprint density at radius 2 is 2.04 bits per heavy atom. The largest absolute Gasteiger partial charge is 0.368 e. The van der Waals surface area contributed by atoms with Crippen LogP contribution in [0.5, 0.6) is 0 Å². The lowest BCUT2D eigenvalue weighted by Crippen LogP contribution is -2.45. The molecule has 0 aliphatic carbocycles. The molecule has 116 valence electrons. The molecule has 4 heterocycles. The zero-order valence-corrected chi connectivity index (χ0v) is 13.1. The Bertz CT molecular complexity index is 905. The predicted octanol–water partition coefficient (Wildman–Crippen LogP) is 3.08. The van der Waals surface area contributed by atoms with Crippen molar-refractivity contribution in [1.82, 2.24) is 9.47 Å². The van der Waals surface area contributed by atoms with Gasteiger partial charge in [0.15, 0.2) is 5.78 Å². The van der Waals surface area contributed by atoms with E-state index in [1.165, 1.54) is 16.6 Å². The highest BCUT2D eigenvalue weighted by Crippen LogP contribution is 2.49. The first-order chi connectivity index (χ1) is 11.1. The van der Waals surface area contributed by atoms with E-state index in [1.807, 2.05) is 22.9 Å². The van der Waals surface area contributed by atoms with Crippen molar-refractivity contribution in [2.45, 2.75) is 32.2 Å². The number of nitrogens with zero attached hydrogens (tertiary/aromatic N) is 2. The summed E-state index contributed by atoms with van der Waals surface area (Å²) in [6.07, 6.45) is 4.23. The van der Waals surface area contributed by atoms with Crippen LogP contribution in [0.2, 0.25) is 0 Å². The Morgan fingerprint density at radius 1 is 1.22 bits per heavy atom. The Balaban J connectivity index is 1.79. The minimum Gasteiger partial charge on any atom is -0.368 e. The van der Waals surface area contributed by atoms with Crippen molar-refractivity contribution in [3.05, 3.63) is 47.3 Å². The number of rotatable bonds is 1. The van der Waals surface area contributed by atoms with Crippen LogP contribution in [-0.4, -0.2) is 27.7 Å². The average molecular weight is 306 g/mol. The second-order valence-electron chi connectivity index (χ2n) is 6.92. The quantitative estimate of drug-likeness (QED) is 0.813. The molecule has 1 aromatic carbocycles. The molecular formula is C19H18N2O2. The van der Waals surface area contributed by atoms with E-state index in [0.717, 1.165) is 30.5 Å². The van der Waals surface area contributed by atoms with Crippen LogP contribution in [0, 0.1) is 5.92 Å². The molecule has 0 spiro atoms. The highest BCUT2D eigenvalue weighted by Gasteiger charge is 2.45. The fourth-order valence-electron chi connectivity index (χ4n) is 4.73. The number of aromatic nitrogens is 1. The summed E-state index contributed by atoms with van der Waals surface area (Å²) in [5.74, 6) is 0.533. The van der Waals surface area contributed by atoms with Crippen LogP contribution in [0.3, 0.4) is 0 Å². The smallest absolute Gasteiger partial charge is 0.231 e. The van der Waals surface area contributed by atoms with Gasteiger partial charge in [0.2, 0.25) is 5.91 Å². The third-order valence-electron chi connectivity index (χ3n) is 5.67. The fourth-order valence-corrected chi connectivity index (χ4v) is 4.73. The minimum absolute atomic E-state index is 0.132. The molecule has 3 aliphatic rings. The van der Waals surface area contributed by atoms with Gasteiger partial charge >= 0.3 is 0 Å². The van der Waals surface area contributed by atoms with E-state index in [9.17, 15) is 9.59 Å². The van der Waals surface area contributed by atoms with Crippen molar-refractivity contribution in [2.24, 2.45) is 5.92 Å². The minimum atomic E-state index is 0.132.